The molecule has 0 aromatic heterocycles. The molecule has 0 bridgehead atoms. The quantitative estimate of drug-likeness (QED) is 0.254. The first-order valence-corrected chi connectivity index (χ1v) is 14.0. The van der Waals surface area contributed by atoms with Crippen molar-refractivity contribution in [3.8, 4) is 11.1 Å². The molecule has 0 spiro atoms. The summed E-state index contributed by atoms with van der Waals surface area (Å²) >= 11 is 18.8. The van der Waals surface area contributed by atoms with Crippen LogP contribution in [0.15, 0.2) is 102 Å². The fourth-order valence-corrected chi connectivity index (χ4v) is 6.63. The van der Waals surface area contributed by atoms with E-state index in [-0.39, 0.29) is 17.5 Å². The molecule has 4 nitrogen and oxygen atoms in total. The van der Waals surface area contributed by atoms with Gasteiger partial charge in [0.1, 0.15) is 0 Å². The Morgan fingerprint density at radius 2 is 1.33 bits per heavy atom. The maximum Gasteiger partial charge on any atom is 0.243 e. The summed E-state index contributed by atoms with van der Waals surface area (Å²) in [5.74, 6) is 0. The number of sulfonamides is 1. The first-order chi connectivity index (χ1) is 17.3. The molecule has 0 N–H and O–H groups in total. The lowest BCUT2D eigenvalue weighted by Crippen LogP contribution is -2.50. The number of halogens is 3. The maximum absolute atomic E-state index is 13.7. The molecule has 1 fully saturated rings. The second-order valence-electron chi connectivity index (χ2n) is 8.61. The molecule has 36 heavy (non-hydrogen) atoms. The van der Waals surface area contributed by atoms with Crippen molar-refractivity contribution in [1.82, 2.24) is 4.31 Å². The van der Waals surface area contributed by atoms with E-state index >= 15 is 0 Å². The van der Waals surface area contributed by atoms with E-state index in [2.05, 4.69) is 4.90 Å². The molecule has 4 aromatic carbocycles. The number of rotatable bonds is 5. The first kappa shape index (κ1) is 25.1. The van der Waals surface area contributed by atoms with Gasteiger partial charge in [0.2, 0.25) is 10.0 Å². The predicted molar refractivity (Wildman–Crippen MR) is 149 cm³/mol. The van der Waals surface area contributed by atoms with Gasteiger partial charge in [-0.3, -0.25) is 0 Å². The van der Waals surface area contributed by atoms with Gasteiger partial charge < -0.3 is 4.90 Å². The van der Waals surface area contributed by atoms with Gasteiger partial charge in [-0.1, -0.05) is 89.4 Å². The number of hydrogen-bond donors (Lipinski definition) is 0. The molecule has 5 rings (SSSR count). The third kappa shape index (κ3) is 5.13. The molecule has 0 radical (unpaired) electrons. The Morgan fingerprint density at radius 3 is 2.00 bits per heavy atom. The average molecular weight is 558 g/mol. The highest BCUT2D eigenvalue weighted by Gasteiger charge is 2.36. The van der Waals surface area contributed by atoms with Crippen molar-refractivity contribution in [3.63, 3.8) is 0 Å². The van der Waals surface area contributed by atoms with E-state index in [0.717, 1.165) is 22.4 Å². The third-order valence-corrected chi connectivity index (χ3v) is 9.09. The summed E-state index contributed by atoms with van der Waals surface area (Å²) in [6.45, 7) is 1.06. The molecule has 0 saturated carbocycles. The largest absolute Gasteiger partial charge is 0.361 e. The Balaban J connectivity index is 1.46. The van der Waals surface area contributed by atoms with Gasteiger partial charge in [-0.15, -0.1) is 0 Å². The minimum Gasteiger partial charge on any atom is -0.361 e. The van der Waals surface area contributed by atoms with Crippen LogP contribution in [0.4, 0.5) is 5.69 Å². The van der Waals surface area contributed by atoms with E-state index in [4.69, 9.17) is 34.8 Å². The van der Waals surface area contributed by atoms with E-state index < -0.39 is 10.0 Å². The number of nitrogens with zero attached hydrogens (tertiary/aromatic N) is 2. The molecule has 1 aliphatic rings. The summed E-state index contributed by atoms with van der Waals surface area (Å²) in [5, 5.41) is 1.69. The lowest BCUT2D eigenvalue weighted by Gasteiger charge is -2.42. The van der Waals surface area contributed by atoms with Crippen LogP contribution in [0, 0.1) is 0 Å². The van der Waals surface area contributed by atoms with Crippen LogP contribution in [0.1, 0.15) is 11.6 Å². The van der Waals surface area contributed by atoms with E-state index in [9.17, 15) is 8.42 Å². The number of anilines is 1. The number of benzene rings is 4. The second-order valence-corrected chi connectivity index (χ2v) is 11.8. The van der Waals surface area contributed by atoms with Crippen LogP contribution >= 0.6 is 34.8 Å². The zero-order valence-electron chi connectivity index (χ0n) is 19.2. The molecule has 8 heteroatoms. The van der Waals surface area contributed by atoms with Crippen molar-refractivity contribution in [2.24, 2.45) is 0 Å². The van der Waals surface area contributed by atoms with Gasteiger partial charge in [-0.05, 0) is 59.2 Å². The minimum absolute atomic E-state index is 0.256. The standard InChI is InChI=1S/C28H23Cl3N2O2S/c29-23-10-6-22(7-11-23)28-19-32(16-17-33(28)27-15-12-24(30)18-26(27)31)36(34,35)25-13-8-21(9-14-25)20-4-2-1-3-5-20/h1-15,18,28H,16-17,19H2. The Hall–Kier alpha value is -2.54. The van der Waals surface area contributed by atoms with Gasteiger partial charge in [0, 0.05) is 29.7 Å². The van der Waals surface area contributed by atoms with Gasteiger partial charge in [0.25, 0.3) is 0 Å². The molecule has 1 unspecified atom stereocenters. The highest BCUT2D eigenvalue weighted by atomic mass is 35.5. The molecule has 0 amide bonds. The smallest absolute Gasteiger partial charge is 0.243 e. The number of hydrogen-bond acceptors (Lipinski definition) is 3. The predicted octanol–water partition coefficient (Wildman–Crippen LogP) is 7.57. The molecule has 1 heterocycles. The van der Waals surface area contributed by atoms with Crippen molar-refractivity contribution in [1.29, 1.82) is 0 Å². The van der Waals surface area contributed by atoms with Crippen LogP contribution < -0.4 is 4.90 Å². The zero-order chi connectivity index (χ0) is 25.3. The summed E-state index contributed by atoms with van der Waals surface area (Å²) in [4.78, 5) is 2.40. The Bertz CT molecular complexity index is 1460. The molecule has 184 valence electrons. The molecule has 0 aliphatic carbocycles. The third-order valence-electron chi connectivity index (χ3n) is 6.42. The highest BCUT2D eigenvalue weighted by molar-refractivity contribution is 7.89. The van der Waals surface area contributed by atoms with Crippen LogP contribution in [0.25, 0.3) is 11.1 Å². The first-order valence-electron chi connectivity index (χ1n) is 11.5. The maximum atomic E-state index is 13.7. The zero-order valence-corrected chi connectivity index (χ0v) is 22.3. The highest BCUT2D eigenvalue weighted by Crippen LogP contribution is 2.38. The van der Waals surface area contributed by atoms with Crippen molar-refractivity contribution >= 4 is 50.5 Å². The van der Waals surface area contributed by atoms with E-state index in [1.165, 1.54) is 0 Å². The van der Waals surface area contributed by atoms with Crippen molar-refractivity contribution in [2.75, 3.05) is 24.5 Å². The monoisotopic (exact) mass is 556 g/mol. The van der Waals surface area contributed by atoms with Crippen molar-refractivity contribution < 1.29 is 8.42 Å². The van der Waals surface area contributed by atoms with Gasteiger partial charge in [0.15, 0.2) is 0 Å². The Labute approximate surface area is 226 Å². The molecular formula is C28H23Cl3N2O2S. The van der Waals surface area contributed by atoms with E-state index in [1.54, 1.807) is 28.6 Å². The lowest BCUT2D eigenvalue weighted by molar-refractivity contribution is 0.335. The lowest BCUT2D eigenvalue weighted by atomic mass is 10.0. The molecule has 1 atom stereocenters. The summed E-state index contributed by atoms with van der Waals surface area (Å²) in [5.41, 5.74) is 3.77. The molecular weight excluding hydrogens is 535 g/mol. The Kier molecular flexibility index (Phi) is 7.29. The van der Waals surface area contributed by atoms with Gasteiger partial charge in [0.05, 0.1) is 21.6 Å². The van der Waals surface area contributed by atoms with Gasteiger partial charge in [-0.25, -0.2) is 8.42 Å². The fourth-order valence-electron chi connectivity index (χ4n) is 4.55. The van der Waals surface area contributed by atoms with Crippen molar-refractivity contribution in [3.05, 3.63) is 118 Å². The van der Waals surface area contributed by atoms with Crippen LogP contribution in [-0.4, -0.2) is 32.4 Å². The van der Waals surface area contributed by atoms with Crippen LogP contribution in [0.5, 0.6) is 0 Å². The molecule has 4 aromatic rings. The SMILES string of the molecule is O=S(=O)(c1ccc(-c2ccccc2)cc1)N1CCN(c2ccc(Cl)cc2Cl)C(c2ccc(Cl)cc2)C1. The molecule has 1 saturated heterocycles. The van der Waals surface area contributed by atoms with Crippen molar-refractivity contribution in [2.45, 2.75) is 10.9 Å². The van der Waals surface area contributed by atoms with Crippen LogP contribution in [-0.2, 0) is 10.0 Å². The average Bonchev–Trinajstić information content (AvgIpc) is 2.89. The summed E-state index contributed by atoms with van der Waals surface area (Å²) in [7, 11) is -3.71. The van der Waals surface area contributed by atoms with E-state index in [1.807, 2.05) is 72.8 Å². The van der Waals surface area contributed by atoms with Crippen LogP contribution in [0.2, 0.25) is 15.1 Å². The minimum atomic E-state index is -3.71. The second kappa shape index (κ2) is 10.4. The van der Waals surface area contributed by atoms with Crippen LogP contribution in [0.3, 0.4) is 0 Å². The summed E-state index contributed by atoms with van der Waals surface area (Å²) < 4.78 is 28.9. The van der Waals surface area contributed by atoms with Gasteiger partial charge >= 0.3 is 0 Å². The fraction of sp³-hybridized carbons (Fsp3) is 0.143. The molecule has 1 aliphatic heterocycles. The summed E-state index contributed by atoms with van der Waals surface area (Å²) in [6, 6.07) is 29.5. The van der Waals surface area contributed by atoms with E-state index in [0.29, 0.717) is 28.2 Å². The summed E-state index contributed by atoms with van der Waals surface area (Å²) in [6.07, 6.45) is 0. The number of piperazine rings is 1. The van der Waals surface area contributed by atoms with Gasteiger partial charge in [-0.2, -0.15) is 4.31 Å². The topological polar surface area (TPSA) is 40.6 Å². The normalized spacial score (nSPS) is 16.8. The Morgan fingerprint density at radius 1 is 0.694 bits per heavy atom.